The Balaban J connectivity index is 1.46. The molecule has 0 aliphatic carbocycles. The van der Waals surface area contributed by atoms with Crippen LogP contribution in [0.2, 0.25) is 5.02 Å². The number of halogens is 2. The van der Waals surface area contributed by atoms with E-state index in [0.717, 1.165) is 17.7 Å². The van der Waals surface area contributed by atoms with Gasteiger partial charge < -0.3 is 0 Å². The van der Waals surface area contributed by atoms with Gasteiger partial charge in [-0.3, -0.25) is 30.1 Å². The second-order valence-corrected chi connectivity index (χ2v) is 8.55. The summed E-state index contributed by atoms with van der Waals surface area (Å²) in [4.78, 5) is 38.4. The van der Waals surface area contributed by atoms with Gasteiger partial charge in [0.2, 0.25) is 5.91 Å². The third-order valence-electron chi connectivity index (χ3n) is 4.27. The van der Waals surface area contributed by atoms with Crippen molar-refractivity contribution in [1.82, 2.24) is 15.8 Å². The lowest BCUT2D eigenvalue weighted by Gasteiger charge is -2.14. The van der Waals surface area contributed by atoms with E-state index in [1.165, 1.54) is 28.8 Å². The van der Waals surface area contributed by atoms with E-state index in [9.17, 15) is 18.8 Å². The van der Waals surface area contributed by atoms with Gasteiger partial charge >= 0.3 is 0 Å². The first-order valence-corrected chi connectivity index (χ1v) is 10.8. The molecule has 0 spiro atoms. The smallest absolute Gasteiger partial charge is 0.269 e. The van der Waals surface area contributed by atoms with Gasteiger partial charge in [0.25, 0.3) is 11.8 Å². The second kappa shape index (κ2) is 10.5. The number of benzene rings is 2. The van der Waals surface area contributed by atoms with Gasteiger partial charge in [0.05, 0.1) is 4.91 Å². The zero-order valence-electron chi connectivity index (χ0n) is 16.1. The van der Waals surface area contributed by atoms with Gasteiger partial charge in [0.1, 0.15) is 10.1 Å². The standard InChI is InChI=1S/C21H17ClFN3O3S2/c22-16-5-2-1-4-14(16)12-17-20(29)26(21(30)31-17)11-3-6-18(27)24-25-19(28)13-7-9-15(23)10-8-13/h1-2,4-5,7-10,12H,3,6,11H2,(H,24,27)(H,25,28). The fraction of sp³-hybridized carbons (Fsp3) is 0.143. The first-order valence-electron chi connectivity index (χ1n) is 9.20. The van der Waals surface area contributed by atoms with Crippen LogP contribution in [0.25, 0.3) is 6.08 Å². The van der Waals surface area contributed by atoms with E-state index < -0.39 is 17.6 Å². The molecular weight excluding hydrogens is 461 g/mol. The molecule has 3 amide bonds. The van der Waals surface area contributed by atoms with Crippen LogP contribution in [0, 0.1) is 5.82 Å². The highest BCUT2D eigenvalue weighted by molar-refractivity contribution is 8.26. The highest BCUT2D eigenvalue weighted by Gasteiger charge is 2.31. The molecule has 0 aromatic heterocycles. The van der Waals surface area contributed by atoms with Crippen molar-refractivity contribution in [3.8, 4) is 0 Å². The van der Waals surface area contributed by atoms with Gasteiger partial charge in [-0.1, -0.05) is 53.8 Å². The summed E-state index contributed by atoms with van der Waals surface area (Å²) >= 11 is 12.6. The summed E-state index contributed by atoms with van der Waals surface area (Å²) in [6, 6.07) is 12.1. The molecule has 2 aromatic rings. The van der Waals surface area contributed by atoms with Crippen molar-refractivity contribution in [1.29, 1.82) is 0 Å². The molecule has 0 atom stereocenters. The van der Waals surface area contributed by atoms with Gasteiger partial charge in [-0.2, -0.15) is 0 Å². The van der Waals surface area contributed by atoms with Gasteiger partial charge in [-0.25, -0.2) is 4.39 Å². The van der Waals surface area contributed by atoms with Crippen molar-refractivity contribution in [3.05, 3.63) is 75.4 Å². The van der Waals surface area contributed by atoms with Crippen molar-refractivity contribution in [3.63, 3.8) is 0 Å². The molecule has 0 bridgehead atoms. The maximum absolute atomic E-state index is 12.9. The molecule has 31 heavy (non-hydrogen) atoms. The van der Waals surface area contributed by atoms with E-state index in [4.69, 9.17) is 23.8 Å². The van der Waals surface area contributed by atoms with Crippen molar-refractivity contribution < 1.29 is 18.8 Å². The Bertz CT molecular complexity index is 1060. The molecule has 1 aliphatic heterocycles. The largest absolute Gasteiger partial charge is 0.293 e. The lowest BCUT2D eigenvalue weighted by atomic mass is 10.2. The average molecular weight is 478 g/mol. The van der Waals surface area contributed by atoms with Crippen LogP contribution in [0.5, 0.6) is 0 Å². The summed E-state index contributed by atoms with van der Waals surface area (Å²) in [5.41, 5.74) is 5.49. The van der Waals surface area contributed by atoms with Gasteiger partial charge in [-0.05, 0) is 48.4 Å². The Hall–Kier alpha value is -2.75. The molecule has 0 unspecified atom stereocenters. The van der Waals surface area contributed by atoms with E-state index in [2.05, 4.69) is 10.9 Å². The maximum atomic E-state index is 12.9. The van der Waals surface area contributed by atoms with Gasteiger partial charge in [0, 0.05) is 23.6 Å². The third-order valence-corrected chi connectivity index (χ3v) is 5.99. The molecule has 160 valence electrons. The third kappa shape index (κ3) is 6.13. The fourth-order valence-electron chi connectivity index (χ4n) is 2.69. The van der Waals surface area contributed by atoms with E-state index in [0.29, 0.717) is 20.7 Å². The minimum atomic E-state index is -0.560. The normalized spacial score (nSPS) is 14.8. The van der Waals surface area contributed by atoms with E-state index >= 15 is 0 Å². The molecule has 3 rings (SSSR count). The lowest BCUT2D eigenvalue weighted by Crippen LogP contribution is -2.41. The van der Waals surface area contributed by atoms with E-state index in [-0.39, 0.29) is 24.4 Å². The zero-order valence-corrected chi connectivity index (χ0v) is 18.5. The molecule has 1 aliphatic rings. The van der Waals surface area contributed by atoms with Crippen LogP contribution in [-0.4, -0.2) is 33.5 Å². The van der Waals surface area contributed by atoms with Crippen LogP contribution in [0.3, 0.4) is 0 Å². The Labute approximate surface area is 192 Å². The van der Waals surface area contributed by atoms with Crippen molar-refractivity contribution in [2.75, 3.05) is 6.54 Å². The highest BCUT2D eigenvalue weighted by Crippen LogP contribution is 2.33. The molecule has 6 nitrogen and oxygen atoms in total. The topological polar surface area (TPSA) is 78.5 Å². The quantitative estimate of drug-likeness (QED) is 0.374. The minimum Gasteiger partial charge on any atom is -0.293 e. The van der Waals surface area contributed by atoms with E-state index in [1.54, 1.807) is 24.3 Å². The number of nitrogens with one attached hydrogen (secondary N) is 2. The van der Waals surface area contributed by atoms with Crippen LogP contribution >= 0.6 is 35.6 Å². The van der Waals surface area contributed by atoms with Crippen LogP contribution in [0.15, 0.2) is 53.4 Å². The molecule has 1 heterocycles. The Morgan fingerprint density at radius 1 is 1.13 bits per heavy atom. The molecular formula is C21H17ClFN3O3S2. The maximum Gasteiger partial charge on any atom is 0.269 e. The highest BCUT2D eigenvalue weighted by atomic mass is 35.5. The summed E-state index contributed by atoms with van der Waals surface area (Å²) in [5, 5.41) is 0.534. The van der Waals surface area contributed by atoms with Crippen LogP contribution in [0.4, 0.5) is 4.39 Å². The summed E-state index contributed by atoms with van der Waals surface area (Å²) in [6.45, 7) is 0.268. The van der Waals surface area contributed by atoms with E-state index in [1.807, 2.05) is 6.07 Å². The molecule has 2 N–H and O–H groups in total. The van der Waals surface area contributed by atoms with Gasteiger partial charge in [-0.15, -0.1) is 0 Å². The van der Waals surface area contributed by atoms with Crippen molar-refractivity contribution in [2.45, 2.75) is 12.8 Å². The fourth-order valence-corrected chi connectivity index (χ4v) is 4.18. The SMILES string of the molecule is O=C(CCCN1C(=O)C(=Cc2ccccc2Cl)SC1=S)NNC(=O)c1ccc(F)cc1. The number of nitrogens with zero attached hydrogens (tertiary/aromatic N) is 1. The number of carbonyl (C=O) groups is 3. The molecule has 0 saturated carbocycles. The predicted octanol–water partition coefficient (Wildman–Crippen LogP) is 3.92. The number of hydrogen-bond acceptors (Lipinski definition) is 5. The van der Waals surface area contributed by atoms with Gasteiger partial charge in [0.15, 0.2) is 0 Å². The number of carbonyl (C=O) groups excluding carboxylic acids is 3. The number of thioether (sulfide) groups is 1. The van der Waals surface area contributed by atoms with Crippen LogP contribution in [-0.2, 0) is 9.59 Å². The summed E-state index contributed by atoms with van der Waals surface area (Å²) in [5.74, 6) is -1.68. The Kier molecular flexibility index (Phi) is 7.78. The summed E-state index contributed by atoms with van der Waals surface area (Å²) in [7, 11) is 0. The number of amides is 3. The lowest BCUT2D eigenvalue weighted by molar-refractivity contribution is -0.124. The minimum absolute atomic E-state index is 0.0737. The van der Waals surface area contributed by atoms with Crippen molar-refractivity contribution in [2.24, 2.45) is 0 Å². The number of thiocarbonyl (C=S) groups is 1. The number of hydrazine groups is 1. The zero-order chi connectivity index (χ0) is 22.4. The average Bonchev–Trinajstić information content (AvgIpc) is 3.01. The molecule has 10 heteroatoms. The molecule has 1 saturated heterocycles. The predicted molar refractivity (Wildman–Crippen MR) is 123 cm³/mol. The van der Waals surface area contributed by atoms with Crippen LogP contribution in [0.1, 0.15) is 28.8 Å². The first kappa shape index (κ1) is 22.9. The molecule has 1 fully saturated rings. The Morgan fingerprint density at radius 2 is 1.84 bits per heavy atom. The summed E-state index contributed by atoms with van der Waals surface area (Å²) < 4.78 is 13.3. The second-order valence-electron chi connectivity index (χ2n) is 6.47. The van der Waals surface area contributed by atoms with Crippen molar-refractivity contribution >= 4 is 63.7 Å². The van der Waals surface area contributed by atoms with Crippen LogP contribution < -0.4 is 10.9 Å². The number of hydrogen-bond donors (Lipinski definition) is 2. The molecule has 2 aromatic carbocycles. The summed E-state index contributed by atoms with van der Waals surface area (Å²) in [6.07, 6.45) is 2.12. The Morgan fingerprint density at radius 3 is 2.55 bits per heavy atom. The molecule has 0 radical (unpaired) electrons. The monoisotopic (exact) mass is 477 g/mol. The number of rotatable bonds is 6. The first-order chi connectivity index (χ1) is 14.8.